The quantitative estimate of drug-likeness (QED) is 0.851. The van der Waals surface area contributed by atoms with Gasteiger partial charge in [-0.1, -0.05) is 12.1 Å². The summed E-state index contributed by atoms with van der Waals surface area (Å²) in [4.78, 5) is 11.8. The minimum atomic E-state index is -1.25. The van der Waals surface area contributed by atoms with Gasteiger partial charge in [-0.15, -0.1) is 11.8 Å². The van der Waals surface area contributed by atoms with E-state index in [1.165, 1.54) is 17.8 Å². The Bertz CT molecular complexity index is 611. The molecule has 5 heteroatoms. The summed E-state index contributed by atoms with van der Waals surface area (Å²) < 4.78 is 19.0. The standard InChI is InChI=1S/C15H13FO3S/c1-19-11-5-7-12(8-6-11)20-9-10-3-2-4-13(14(10)16)15(17)18/h2-8H,9H2,1H3,(H,17,18). The summed E-state index contributed by atoms with van der Waals surface area (Å²) in [5, 5.41) is 8.87. The summed E-state index contributed by atoms with van der Waals surface area (Å²) in [5.41, 5.74) is 0.0866. The maximum absolute atomic E-state index is 13.9. The van der Waals surface area contributed by atoms with Gasteiger partial charge < -0.3 is 9.84 Å². The molecule has 0 amide bonds. The molecular weight excluding hydrogens is 279 g/mol. The van der Waals surface area contributed by atoms with E-state index in [1.54, 1.807) is 19.2 Å². The van der Waals surface area contributed by atoms with E-state index in [2.05, 4.69) is 0 Å². The van der Waals surface area contributed by atoms with Crippen LogP contribution in [-0.2, 0) is 5.75 Å². The topological polar surface area (TPSA) is 46.5 Å². The van der Waals surface area contributed by atoms with Crippen LogP contribution in [0.3, 0.4) is 0 Å². The first kappa shape index (κ1) is 14.4. The highest BCUT2D eigenvalue weighted by atomic mass is 32.2. The first-order valence-electron chi connectivity index (χ1n) is 5.89. The number of carboxylic acid groups (broad SMARTS) is 1. The van der Waals surface area contributed by atoms with Gasteiger partial charge in [0.2, 0.25) is 0 Å². The summed E-state index contributed by atoms with van der Waals surface area (Å²) in [5.74, 6) is -0.785. The molecule has 1 N–H and O–H groups in total. The van der Waals surface area contributed by atoms with Gasteiger partial charge in [-0.05, 0) is 35.9 Å². The molecule has 0 radical (unpaired) electrons. The number of hydrogen-bond acceptors (Lipinski definition) is 3. The molecule has 0 spiro atoms. The molecule has 0 fully saturated rings. The van der Waals surface area contributed by atoms with Crippen LogP contribution in [0.1, 0.15) is 15.9 Å². The molecule has 0 aliphatic rings. The number of hydrogen-bond donors (Lipinski definition) is 1. The predicted octanol–water partition coefficient (Wildman–Crippen LogP) is 3.82. The van der Waals surface area contributed by atoms with E-state index >= 15 is 0 Å². The zero-order chi connectivity index (χ0) is 14.5. The van der Waals surface area contributed by atoms with Crippen LogP contribution in [0.15, 0.2) is 47.4 Å². The van der Waals surface area contributed by atoms with Gasteiger partial charge >= 0.3 is 5.97 Å². The second kappa shape index (κ2) is 6.43. The van der Waals surface area contributed by atoms with Gasteiger partial charge in [0.05, 0.1) is 12.7 Å². The van der Waals surface area contributed by atoms with Crippen LogP contribution < -0.4 is 4.74 Å². The van der Waals surface area contributed by atoms with Crippen LogP contribution >= 0.6 is 11.8 Å². The summed E-state index contributed by atoms with van der Waals surface area (Å²) in [6.07, 6.45) is 0. The fraction of sp³-hybridized carbons (Fsp3) is 0.133. The molecule has 20 heavy (non-hydrogen) atoms. The Labute approximate surface area is 120 Å². The fourth-order valence-corrected chi connectivity index (χ4v) is 2.56. The van der Waals surface area contributed by atoms with Gasteiger partial charge in [0.1, 0.15) is 11.6 Å². The lowest BCUT2D eigenvalue weighted by Gasteiger charge is -2.06. The van der Waals surface area contributed by atoms with Gasteiger partial charge in [0.15, 0.2) is 0 Å². The summed E-state index contributed by atoms with van der Waals surface area (Å²) in [6.45, 7) is 0. The van der Waals surface area contributed by atoms with Crippen molar-refractivity contribution in [3.63, 3.8) is 0 Å². The average Bonchev–Trinajstić information content (AvgIpc) is 2.46. The van der Waals surface area contributed by atoms with E-state index in [9.17, 15) is 9.18 Å². The molecule has 0 aromatic heterocycles. The SMILES string of the molecule is COc1ccc(SCc2cccc(C(=O)O)c2F)cc1. The number of benzene rings is 2. The van der Waals surface area contributed by atoms with E-state index in [0.29, 0.717) is 11.3 Å². The van der Waals surface area contributed by atoms with Crippen LogP contribution in [0.4, 0.5) is 4.39 Å². The molecule has 0 unspecified atom stereocenters. The number of halogens is 1. The van der Waals surface area contributed by atoms with Crippen molar-refractivity contribution in [2.75, 3.05) is 7.11 Å². The largest absolute Gasteiger partial charge is 0.497 e. The lowest BCUT2D eigenvalue weighted by atomic mass is 10.1. The highest BCUT2D eigenvalue weighted by Gasteiger charge is 2.13. The van der Waals surface area contributed by atoms with Gasteiger partial charge in [-0.3, -0.25) is 0 Å². The molecule has 104 valence electrons. The molecule has 2 aromatic rings. The number of rotatable bonds is 5. The maximum Gasteiger partial charge on any atom is 0.338 e. The monoisotopic (exact) mass is 292 g/mol. The summed E-state index contributed by atoms with van der Waals surface area (Å²) in [6, 6.07) is 11.8. The molecule has 2 rings (SSSR count). The van der Waals surface area contributed by atoms with Crippen molar-refractivity contribution in [1.29, 1.82) is 0 Å². The Morgan fingerprint density at radius 2 is 1.95 bits per heavy atom. The zero-order valence-electron chi connectivity index (χ0n) is 10.8. The van der Waals surface area contributed by atoms with E-state index < -0.39 is 11.8 Å². The minimum absolute atomic E-state index is 0.294. The third kappa shape index (κ3) is 3.30. The number of thioether (sulfide) groups is 1. The Kier molecular flexibility index (Phi) is 4.63. The van der Waals surface area contributed by atoms with Crippen LogP contribution in [0.2, 0.25) is 0 Å². The van der Waals surface area contributed by atoms with Crippen molar-refractivity contribution in [2.45, 2.75) is 10.6 Å². The Balaban J connectivity index is 2.10. The highest BCUT2D eigenvalue weighted by molar-refractivity contribution is 7.98. The number of carboxylic acids is 1. The van der Waals surface area contributed by atoms with Gasteiger partial charge in [-0.25, -0.2) is 9.18 Å². The van der Waals surface area contributed by atoms with Crippen LogP contribution in [0.25, 0.3) is 0 Å². The van der Waals surface area contributed by atoms with Gasteiger partial charge in [-0.2, -0.15) is 0 Å². The first-order valence-corrected chi connectivity index (χ1v) is 6.88. The van der Waals surface area contributed by atoms with Crippen LogP contribution in [0.5, 0.6) is 5.75 Å². The third-order valence-electron chi connectivity index (χ3n) is 2.76. The molecule has 2 aromatic carbocycles. The van der Waals surface area contributed by atoms with Crippen molar-refractivity contribution in [1.82, 2.24) is 0 Å². The number of ether oxygens (including phenoxy) is 1. The molecule has 0 aliphatic carbocycles. The van der Waals surface area contributed by atoms with Crippen molar-refractivity contribution in [3.8, 4) is 5.75 Å². The zero-order valence-corrected chi connectivity index (χ0v) is 11.6. The van der Waals surface area contributed by atoms with Gasteiger partial charge in [0, 0.05) is 10.6 Å². The summed E-state index contributed by atoms with van der Waals surface area (Å²) in [7, 11) is 1.59. The molecule has 0 atom stereocenters. The summed E-state index contributed by atoms with van der Waals surface area (Å²) >= 11 is 1.44. The molecular formula is C15H13FO3S. The Hall–Kier alpha value is -2.01. The van der Waals surface area contributed by atoms with E-state index in [1.807, 2.05) is 24.3 Å². The molecule has 3 nitrogen and oxygen atoms in total. The van der Waals surface area contributed by atoms with Crippen molar-refractivity contribution < 1.29 is 19.0 Å². The Morgan fingerprint density at radius 1 is 1.25 bits per heavy atom. The maximum atomic E-state index is 13.9. The first-order chi connectivity index (χ1) is 9.61. The number of methoxy groups -OCH3 is 1. The second-order valence-electron chi connectivity index (χ2n) is 4.05. The Morgan fingerprint density at radius 3 is 2.55 bits per heavy atom. The predicted molar refractivity (Wildman–Crippen MR) is 75.9 cm³/mol. The average molecular weight is 292 g/mol. The van der Waals surface area contributed by atoms with Crippen LogP contribution in [0, 0.1) is 5.82 Å². The number of aromatic carboxylic acids is 1. The number of carbonyl (C=O) groups is 1. The lowest BCUT2D eigenvalue weighted by Crippen LogP contribution is -2.02. The molecule has 0 heterocycles. The molecule has 0 saturated carbocycles. The smallest absolute Gasteiger partial charge is 0.338 e. The van der Waals surface area contributed by atoms with E-state index in [4.69, 9.17) is 9.84 Å². The normalized spacial score (nSPS) is 10.3. The second-order valence-corrected chi connectivity index (χ2v) is 5.10. The fourth-order valence-electron chi connectivity index (χ4n) is 1.69. The van der Waals surface area contributed by atoms with Crippen molar-refractivity contribution in [3.05, 3.63) is 59.4 Å². The minimum Gasteiger partial charge on any atom is -0.497 e. The van der Waals surface area contributed by atoms with Crippen molar-refractivity contribution in [2.24, 2.45) is 0 Å². The highest BCUT2D eigenvalue weighted by Crippen LogP contribution is 2.26. The third-order valence-corrected chi connectivity index (χ3v) is 3.82. The molecule has 0 bridgehead atoms. The van der Waals surface area contributed by atoms with Crippen LogP contribution in [-0.4, -0.2) is 18.2 Å². The molecule has 0 saturated heterocycles. The van der Waals surface area contributed by atoms with E-state index in [-0.39, 0.29) is 5.56 Å². The van der Waals surface area contributed by atoms with Crippen molar-refractivity contribution >= 4 is 17.7 Å². The molecule has 0 aliphatic heterocycles. The van der Waals surface area contributed by atoms with E-state index in [0.717, 1.165) is 10.6 Å². The lowest BCUT2D eigenvalue weighted by molar-refractivity contribution is 0.0691. The van der Waals surface area contributed by atoms with Gasteiger partial charge in [0.25, 0.3) is 0 Å².